The number of nitrogens with zero attached hydrogens (tertiary/aromatic N) is 1. The van der Waals surface area contributed by atoms with Gasteiger partial charge in [-0.05, 0) is 25.1 Å². The molecule has 0 bridgehead atoms. The molecular weight excluding hydrogens is 208 g/mol. The van der Waals surface area contributed by atoms with Crippen molar-refractivity contribution in [2.24, 2.45) is 0 Å². The van der Waals surface area contributed by atoms with Crippen molar-refractivity contribution in [2.75, 3.05) is 11.9 Å². The minimum atomic E-state index is 0.600. The number of hydrogen-bond donors (Lipinski definition) is 1. The van der Waals surface area contributed by atoms with Crippen molar-refractivity contribution in [3.8, 4) is 17.9 Å². The number of nitrogens with one attached hydrogen (secondary N) is 1. The highest BCUT2D eigenvalue weighted by Crippen LogP contribution is 2.22. The van der Waals surface area contributed by atoms with E-state index in [0.29, 0.717) is 10.6 Å². The topological polar surface area (TPSA) is 35.8 Å². The van der Waals surface area contributed by atoms with Gasteiger partial charge in [-0.25, -0.2) is 0 Å². The molecule has 0 aliphatic rings. The van der Waals surface area contributed by atoms with Crippen molar-refractivity contribution >= 4 is 17.3 Å². The zero-order valence-corrected chi connectivity index (χ0v) is 9.23. The van der Waals surface area contributed by atoms with Crippen LogP contribution < -0.4 is 5.32 Å². The van der Waals surface area contributed by atoms with Crippen LogP contribution in [0.2, 0.25) is 5.02 Å². The molecule has 1 rings (SSSR count). The van der Waals surface area contributed by atoms with Gasteiger partial charge in [-0.15, -0.1) is 11.8 Å². The third-order valence-electron chi connectivity index (χ3n) is 1.84. The number of nitriles is 1. The van der Waals surface area contributed by atoms with Gasteiger partial charge in [-0.2, -0.15) is 5.26 Å². The molecule has 0 amide bonds. The van der Waals surface area contributed by atoms with Crippen LogP contribution >= 0.6 is 11.6 Å². The Hall–Kier alpha value is -1.64. The van der Waals surface area contributed by atoms with E-state index >= 15 is 0 Å². The lowest BCUT2D eigenvalue weighted by Crippen LogP contribution is -2.01. The quantitative estimate of drug-likeness (QED) is 0.625. The van der Waals surface area contributed by atoms with Crippen LogP contribution in [0.3, 0.4) is 0 Å². The maximum Gasteiger partial charge on any atom is 0.0992 e. The smallest absolute Gasteiger partial charge is 0.0992 e. The van der Waals surface area contributed by atoms with E-state index in [1.807, 2.05) is 6.92 Å². The first-order chi connectivity index (χ1) is 7.27. The van der Waals surface area contributed by atoms with E-state index in [4.69, 9.17) is 16.9 Å². The van der Waals surface area contributed by atoms with Gasteiger partial charge in [0.1, 0.15) is 0 Å². The molecule has 1 N–H and O–H groups in total. The Labute approximate surface area is 94.9 Å². The lowest BCUT2D eigenvalue weighted by molar-refractivity contribution is 1.10. The molecule has 0 radical (unpaired) electrons. The molecule has 0 fully saturated rings. The highest BCUT2D eigenvalue weighted by molar-refractivity contribution is 6.33. The van der Waals surface area contributed by atoms with Gasteiger partial charge >= 0.3 is 0 Å². The van der Waals surface area contributed by atoms with E-state index in [1.54, 1.807) is 18.2 Å². The monoisotopic (exact) mass is 218 g/mol. The van der Waals surface area contributed by atoms with Crippen molar-refractivity contribution in [1.82, 2.24) is 0 Å². The fraction of sp³-hybridized carbons (Fsp3) is 0.250. The van der Waals surface area contributed by atoms with Crippen LogP contribution in [0, 0.1) is 23.2 Å². The average molecular weight is 219 g/mol. The first-order valence-electron chi connectivity index (χ1n) is 4.61. The molecule has 15 heavy (non-hydrogen) atoms. The molecule has 0 aliphatic heterocycles. The van der Waals surface area contributed by atoms with E-state index in [1.165, 1.54) is 0 Å². The average Bonchev–Trinajstić information content (AvgIpc) is 2.26. The van der Waals surface area contributed by atoms with Gasteiger partial charge in [0.25, 0.3) is 0 Å². The molecule has 0 saturated heterocycles. The first-order valence-corrected chi connectivity index (χ1v) is 4.99. The molecule has 0 aliphatic carbocycles. The van der Waals surface area contributed by atoms with Crippen molar-refractivity contribution < 1.29 is 0 Å². The molecule has 0 unspecified atom stereocenters. The Bertz CT molecular complexity index is 435. The van der Waals surface area contributed by atoms with Crippen LogP contribution in [0.1, 0.15) is 18.9 Å². The van der Waals surface area contributed by atoms with Crippen LogP contribution in [0.5, 0.6) is 0 Å². The van der Waals surface area contributed by atoms with E-state index in [2.05, 4.69) is 23.2 Å². The van der Waals surface area contributed by atoms with Gasteiger partial charge < -0.3 is 5.32 Å². The summed E-state index contributed by atoms with van der Waals surface area (Å²) in [6, 6.07) is 7.22. The van der Waals surface area contributed by atoms with Crippen LogP contribution in [-0.2, 0) is 0 Å². The summed E-state index contributed by atoms with van der Waals surface area (Å²) < 4.78 is 0. The van der Waals surface area contributed by atoms with Crippen LogP contribution in [0.15, 0.2) is 18.2 Å². The minimum absolute atomic E-state index is 0.600. The molecule has 1 aromatic rings. The molecule has 0 spiro atoms. The summed E-state index contributed by atoms with van der Waals surface area (Å²) in [5.74, 6) is 5.76. The number of halogens is 1. The maximum atomic E-state index is 8.72. The molecule has 0 atom stereocenters. The summed E-state index contributed by atoms with van der Waals surface area (Å²) in [6.45, 7) is 2.54. The fourth-order valence-corrected chi connectivity index (χ4v) is 1.30. The zero-order chi connectivity index (χ0) is 11.1. The Kier molecular flexibility index (Phi) is 4.54. The molecule has 3 heteroatoms. The fourth-order valence-electron chi connectivity index (χ4n) is 1.11. The molecule has 0 heterocycles. The first kappa shape index (κ1) is 11.4. The van der Waals surface area contributed by atoms with Crippen LogP contribution in [0.25, 0.3) is 0 Å². The van der Waals surface area contributed by atoms with E-state index in [-0.39, 0.29) is 0 Å². The zero-order valence-electron chi connectivity index (χ0n) is 8.47. The highest BCUT2D eigenvalue weighted by Gasteiger charge is 2.00. The van der Waals surface area contributed by atoms with E-state index < -0.39 is 0 Å². The third-order valence-corrected chi connectivity index (χ3v) is 2.17. The normalized spacial score (nSPS) is 8.60. The lowest BCUT2D eigenvalue weighted by Gasteiger charge is -2.06. The SMILES string of the molecule is CC#CCCNc1cc(C#N)ccc1Cl. The molecule has 1 aromatic carbocycles. The summed E-state index contributed by atoms with van der Waals surface area (Å²) in [5.41, 5.74) is 1.39. The Balaban J connectivity index is 2.66. The summed E-state index contributed by atoms with van der Waals surface area (Å²) in [7, 11) is 0. The molecule has 0 saturated carbocycles. The lowest BCUT2D eigenvalue weighted by atomic mass is 10.2. The predicted molar refractivity (Wildman–Crippen MR) is 62.7 cm³/mol. The van der Waals surface area contributed by atoms with Crippen molar-refractivity contribution in [2.45, 2.75) is 13.3 Å². The highest BCUT2D eigenvalue weighted by atomic mass is 35.5. The van der Waals surface area contributed by atoms with Crippen molar-refractivity contribution in [3.05, 3.63) is 28.8 Å². The molecule has 76 valence electrons. The van der Waals surface area contributed by atoms with Crippen molar-refractivity contribution in [3.63, 3.8) is 0 Å². The molecule has 0 aromatic heterocycles. The number of rotatable bonds is 3. The molecule has 2 nitrogen and oxygen atoms in total. The Morgan fingerprint density at radius 3 is 2.93 bits per heavy atom. The van der Waals surface area contributed by atoms with Gasteiger partial charge in [-0.1, -0.05) is 11.6 Å². The van der Waals surface area contributed by atoms with Crippen molar-refractivity contribution in [1.29, 1.82) is 5.26 Å². The Morgan fingerprint density at radius 2 is 2.27 bits per heavy atom. The largest absolute Gasteiger partial charge is 0.383 e. The van der Waals surface area contributed by atoms with Gasteiger partial charge in [-0.3, -0.25) is 0 Å². The summed E-state index contributed by atoms with van der Waals surface area (Å²) >= 11 is 5.96. The molecular formula is C12H11ClN2. The number of hydrogen-bond acceptors (Lipinski definition) is 2. The van der Waals surface area contributed by atoms with Gasteiger partial charge in [0.05, 0.1) is 22.3 Å². The Morgan fingerprint density at radius 1 is 1.47 bits per heavy atom. The van der Waals surface area contributed by atoms with Gasteiger partial charge in [0, 0.05) is 13.0 Å². The second-order valence-corrected chi connectivity index (χ2v) is 3.32. The summed E-state index contributed by atoms with van der Waals surface area (Å²) in [5, 5.41) is 12.5. The predicted octanol–water partition coefficient (Wildman–Crippen LogP) is 3.04. The second-order valence-electron chi connectivity index (χ2n) is 2.91. The third kappa shape index (κ3) is 3.54. The number of benzene rings is 1. The van der Waals surface area contributed by atoms with Gasteiger partial charge in [0.2, 0.25) is 0 Å². The van der Waals surface area contributed by atoms with Crippen LogP contribution in [0.4, 0.5) is 5.69 Å². The second kappa shape index (κ2) is 5.96. The van der Waals surface area contributed by atoms with E-state index in [0.717, 1.165) is 18.7 Å². The summed E-state index contributed by atoms with van der Waals surface area (Å²) in [6.07, 6.45) is 0.767. The maximum absolute atomic E-state index is 8.72. The van der Waals surface area contributed by atoms with E-state index in [9.17, 15) is 0 Å². The number of anilines is 1. The minimum Gasteiger partial charge on any atom is -0.383 e. The standard InChI is InChI=1S/C12H11ClN2/c1-2-3-4-7-15-12-8-10(9-14)5-6-11(12)13/h5-6,8,15H,4,7H2,1H3. The van der Waals surface area contributed by atoms with Crippen LogP contribution in [-0.4, -0.2) is 6.54 Å². The summed E-state index contributed by atoms with van der Waals surface area (Å²) in [4.78, 5) is 0. The van der Waals surface area contributed by atoms with Gasteiger partial charge in [0.15, 0.2) is 0 Å².